The number of nitrogens with one attached hydrogen (secondary N) is 1. The van der Waals surface area contributed by atoms with Crippen molar-refractivity contribution < 1.29 is 14.2 Å². The standard InChI is InChI=1S/C27H32N6O4/c1-5-22(26-29-30-31-33(26)10-11-35-4)32(14-19-8-9-23-24(12-19)37-16-36-23)15-20-13-21-17(2)6-7-18(3)25(21)28-27(20)34/h6-9,12-13,22H,5,10-11,14-16H2,1-4H3,(H,28,34)/t22-/m1/s1. The van der Waals surface area contributed by atoms with E-state index in [1.807, 2.05) is 37.3 Å². The number of nitrogens with zero attached hydrogens (tertiary/aromatic N) is 5. The van der Waals surface area contributed by atoms with E-state index in [1.54, 1.807) is 11.8 Å². The van der Waals surface area contributed by atoms with Crippen molar-refractivity contribution in [2.75, 3.05) is 20.5 Å². The highest BCUT2D eigenvalue weighted by Crippen LogP contribution is 2.34. The number of aryl methyl sites for hydroxylation is 2. The summed E-state index contributed by atoms with van der Waals surface area (Å²) in [6.45, 7) is 8.43. The van der Waals surface area contributed by atoms with Gasteiger partial charge in [0, 0.05) is 31.1 Å². The number of hydrogen-bond donors (Lipinski definition) is 1. The number of fused-ring (bicyclic) bond motifs is 2. The molecular formula is C27H32N6O4. The van der Waals surface area contributed by atoms with Crippen LogP contribution in [0.4, 0.5) is 0 Å². The summed E-state index contributed by atoms with van der Waals surface area (Å²) in [5, 5.41) is 13.6. The smallest absolute Gasteiger partial charge is 0.252 e. The van der Waals surface area contributed by atoms with Crippen LogP contribution in [0.3, 0.4) is 0 Å². The lowest BCUT2D eigenvalue weighted by Gasteiger charge is -2.30. The Morgan fingerprint density at radius 1 is 1.11 bits per heavy atom. The van der Waals surface area contributed by atoms with Crippen molar-refractivity contribution in [1.29, 1.82) is 0 Å². The maximum atomic E-state index is 13.3. The predicted octanol–water partition coefficient (Wildman–Crippen LogP) is 3.66. The summed E-state index contributed by atoms with van der Waals surface area (Å²) in [4.78, 5) is 18.6. The van der Waals surface area contributed by atoms with Gasteiger partial charge in [-0.25, -0.2) is 4.68 Å². The number of aromatic amines is 1. The van der Waals surface area contributed by atoms with E-state index >= 15 is 0 Å². The van der Waals surface area contributed by atoms with Gasteiger partial charge in [-0.1, -0.05) is 25.1 Å². The number of H-pyrrole nitrogens is 1. The first-order chi connectivity index (χ1) is 18.0. The van der Waals surface area contributed by atoms with Crippen LogP contribution in [0.5, 0.6) is 11.5 Å². The highest BCUT2D eigenvalue weighted by Gasteiger charge is 2.27. The summed E-state index contributed by atoms with van der Waals surface area (Å²) in [6.07, 6.45) is 0.752. The molecule has 0 fully saturated rings. The number of methoxy groups -OCH3 is 1. The molecule has 10 heteroatoms. The van der Waals surface area contributed by atoms with E-state index in [2.05, 4.69) is 45.3 Å². The van der Waals surface area contributed by atoms with Gasteiger partial charge in [0.05, 0.1) is 24.7 Å². The molecular weight excluding hydrogens is 472 g/mol. The fourth-order valence-corrected chi connectivity index (χ4v) is 4.90. The maximum absolute atomic E-state index is 13.3. The summed E-state index contributed by atoms with van der Waals surface area (Å²) < 4.78 is 18.1. The van der Waals surface area contributed by atoms with Gasteiger partial charge < -0.3 is 19.2 Å². The van der Waals surface area contributed by atoms with Crippen LogP contribution >= 0.6 is 0 Å². The van der Waals surface area contributed by atoms with Gasteiger partial charge >= 0.3 is 0 Å². The molecule has 0 spiro atoms. The molecule has 4 aromatic rings. The van der Waals surface area contributed by atoms with E-state index in [0.29, 0.717) is 31.8 Å². The third-order valence-corrected chi connectivity index (χ3v) is 6.91. The Balaban J connectivity index is 1.54. The summed E-state index contributed by atoms with van der Waals surface area (Å²) >= 11 is 0. The van der Waals surface area contributed by atoms with Crippen molar-refractivity contribution >= 4 is 10.9 Å². The molecule has 3 heterocycles. The van der Waals surface area contributed by atoms with E-state index in [1.165, 1.54) is 0 Å². The van der Waals surface area contributed by atoms with E-state index in [0.717, 1.165) is 51.3 Å². The van der Waals surface area contributed by atoms with Gasteiger partial charge in [-0.15, -0.1) is 5.10 Å². The Kier molecular flexibility index (Phi) is 7.20. The van der Waals surface area contributed by atoms with Crippen LogP contribution in [0.2, 0.25) is 0 Å². The summed E-state index contributed by atoms with van der Waals surface area (Å²) in [5.74, 6) is 2.21. The molecule has 0 aliphatic carbocycles. The lowest BCUT2D eigenvalue weighted by Crippen LogP contribution is -2.32. The highest BCUT2D eigenvalue weighted by molar-refractivity contribution is 5.85. The number of rotatable bonds is 10. The number of tetrazole rings is 1. The molecule has 0 saturated heterocycles. The van der Waals surface area contributed by atoms with Gasteiger partial charge in [0.15, 0.2) is 17.3 Å². The highest BCUT2D eigenvalue weighted by atomic mass is 16.7. The van der Waals surface area contributed by atoms with E-state index in [9.17, 15) is 4.79 Å². The van der Waals surface area contributed by atoms with Gasteiger partial charge in [0.25, 0.3) is 5.56 Å². The van der Waals surface area contributed by atoms with E-state index in [4.69, 9.17) is 14.2 Å². The molecule has 194 valence electrons. The SMILES string of the molecule is CC[C@H](c1nnnn1CCOC)N(Cc1ccc2c(c1)OCO2)Cc1cc2c(C)ccc(C)c2[nH]c1=O. The molecule has 0 bridgehead atoms. The summed E-state index contributed by atoms with van der Waals surface area (Å²) in [5.41, 5.74) is 4.69. The molecule has 1 aliphatic heterocycles. The quantitative estimate of drug-likeness (QED) is 0.349. The Morgan fingerprint density at radius 3 is 2.73 bits per heavy atom. The van der Waals surface area contributed by atoms with Crippen LogP contribution < -0.4 is 15.0 Å². The first-order valence-corrected chi connectivity index (χ1v) is 12.5. The van der Waals surface area contributed by atoms with Crippen molar-refractivity contribution in [2.24, 2.45) is 0 Å². The average Bonchev–Trinajstić information content (AvgIpc) is 3.55. The second-order valence-electron chi connectivity index (χ2n) is 9.38. The Morgan fingerprint density at radius 2 is 1.92 bits per heavy atom. The molecule has 2 aromatic heterocycles. The number of ether oxygens (including phenoxy) is 3. The molecule has 1 N–H and O–H groups in total. The molecule has 5 rings (SSSR count). The van der Waals surface area contributed by atoms with Gasteiger partial charge in [0.2, 0.25) is 6.79 Å². The number of pyridine rings is 1. The molecule has 10 nitrogen and oxygen atoms in total. The van der Waals surface area contributed by atoms with Crippen molar-refractivity contribution in [3.63, 3.8) is 0 Å². The van der Waals surface area contributed by atoms with Crippen LogP contribution in [0.1, 0.15) is 47.5 Å². The first-order valence-electron chi connectivity index (χ1n) is 12.5. The zero-order valence-corrected chi connectivity index (χ0v) is 21.7. The Hall–Kier alpha value is -3.76. The van der Waals surface area contributed by atoms with Gasteiger partial charge in [0.1, 0.15) is 0 Å². The Labute approximate surface area is 215 Å². The zero-order chi connectivity index (χ0) is 25.9. The average molecular weight is 505 g/mol. The fourth-order valence-electron chi connectivity index (χ4n) is 4.90. The largest absolute Gasteiger partial charge is 0.454 e. The van der Waals surface area contributed by atoms with Crippen LogP contribution in [-0.4, -0.2) is 50.6 Å². The molecule has 1 aliphatic rings. The second-order valence-corrected chi connectivity index (χ2v) is 9.38. The topological polar surface area (TPSA) is 107 Å². The molecule has 0 amide bonds. The summed E-state index contributed by atoms with van der Waals surface area (Å²) in [6, 6.07) is 12.0. The van der Waals surface area contributed by atoms with Gasteiger partial charge in [-0.3, -0.25) is 9.69 Å². The van der Waals surface area contributed by atoms with Crippen LogP contribution in [-0.2, 0) is 24.4 Å². The number of aromatic nitrogens is 5. The zero-order valence-electron chi connectivity index (χ0n) is 21.7. The molecule has 37 heavy (non-hydrogen) atoms. The first kappa shape index (κ1) is 24.9. The summed E-state index contributed by atoms with van der Waals surface area (Å²) in [7, 11) is 1.66. The van der Waals surface area contributed by atoms with E-state index in [-0.39, 0.29) is 18.4 Å². The third kappa shape index (κ3) is 5.07. The fraction of sp³-hybridized carbons (Fsp3) is 0.407. The van der Waals surface area contributed by atoms with Crippen molar-refractivity contribution in [2.45, 2.75) is 52.9 Å². The normalized spacial score (nSPS) is 13.5. The monoisotopic (exact) mass is 504 g/mol. The molecule has 1 atom stereocenters. The number of benzene rings is 2. The minimum absolute atomic E-state index is 0.0919. The van der Waals surface area contributed by atoms with E-state index < -0.39 is 0 Å². The van der Waals surface area contributed by atoms with Crippen molar-refractivity contribution in [3.8, 4) is 11.5 Å². The molecule has 0 unspecified atom stereocenters. The number of hydrogen-bond acceptors (Lipinski definition) is 8. The lowest BCUT2D eigenvalue weighted by molar-refractivity contribution is 0.150. The van der Waals surface area contributed by atoms with Gasteiger partial charge in [-0.2, -0.15) is 0 Å². The predicted molar refractivity (Wildman–Crippen MR) is 139 cm³/mol. The minimum atomic E-state index is -0.133. The Bertz CT molecular complexity index is 1460. The molecule has 0 saturated carbocycles. The van der Waals surface area contributed by atoms with Crippen molar-refractivity contribution in [1.82, 2.24) is 30.1 Å². The molecule has 2 aromatic carbocycles. The lowest BCUT2D eigenvalue weighted by atomic mass is 10.0. The third-order valence-electron chi connectivity index (χ3n) is 6.91. The van der Waals surface area contributed by atoms with Crippen LogP contribution in [0, 0.1) is 13.8 Å². The van der Waals surface area contributed by atoms with Crippen LogP contribution in [0.15, 0.2) is 41.2 Å². The second kappa shape index (κ2) is 10.7. The van der Waals surface area contributed by atoms with Gasteiger partial charge in [-0.05, 0) is 65.6 Å². The minimum Gasteiger partial charge on any atom is -0.454 e. The van der Waals surface area contributed by atoms with Crippen molar-refractivity contribution in [3.05, 3.63) is 74.8 Å². The maximum Gasteiger partial charge on any atom is 0.252 e. The van der Waals surface area contributed by atoms with Crippen LogP contribution in [0.25, 0.3) is 10.9 Å². The molecule has 0 radical (unpaired) electrons.